The summed E-state index contributed by atoms with van der Waals surface area (Å²) in [6.07, 6.45) is 10.5. The molecule has 0 amide bonds. The monoisotopic (exact) mass is 454 g/mol. The fourth-order valence-corrected chi connectivity index (χ4v) is 3.66. The van der Waals surface area contributed by atoms with Crippen LogP contribution in [0.1, 0.15) is 58.3 Å². The first kappa shape index (κ1) is 21.6. The van der Waals surface area contributed by atoms with Crippen molar-refractivity contribution in [3.8, 4) is 28.3 Å². The lowest BCUT2D eigenvalue weighted by atomic mass is 10.1. The molecule has 3 nitrogen and oxygen atoms in total. The lowest BCUT2D eigenvalue weighted by Crippen LogP contribution is -1.97. The van der Waals surface area contributed by atoms with Crippen molar-refractivity contribution in [2.45, 2.75) is 58.3 Å². The van der Waals surface area contributed by atoms with Gasteiger partial charge in [0.15, 0.2) is 0 Å². The van der Waals surface area contributed by atoms with E-state index < -0.39 is 0 Å². The van der Waals surface area contributed by atoms with Gasteiger partial charge in [-0.2, -0.15) is 5.10 Å². The summed E-state index contributed by atoms with van der Waals surface area (Å²) in [7, 11) is 0. The summed E-state index contributed by atoms with van der Waals surface area (Å²) in [6, 6.07) is 18.5. The molecule has 0 aliphatic rings. The van der Waals surface area contributed by atoms with Gasteiger partial charge in [-0.05, 0) is 54.4 Å². The first-order chi connectivity index (χ1) is 14.3. The van der Waals surface area contributed by atoms with Crippen LogP contribution in [0.15, 0.2) is 59.1 Å². The van der Waals surface area contributed by atoms with E-state index in [0.717, 1.165) is 45.8 Å². The number of H-pyrrole nitrogens is 1. The largest absolute Gasteiger partial charge is 0.494 e. The van der Waals surface area contributed by atoms with Crippen LogP contribution in [-0.4, -0.2) is 16.8 Å². The number of aromatic amines is 1. The number of hydrogen-bond acceptors (Lipinski definition) is 2. The molecule has 4 heteroatoms. The predicted molar refractivity (Wildman–Crippen MR) is 125 cm³/mol. The van der Waals surface area contributed by atoms with Crippen molar-refractivity contribution >= 4 is 15.9 Å². The maximum atomic E-state index is 5.90. The van der Waals surface area contributed by atoms with Crippen LogP contribution in [0, 0.1) is 0 Å². The van der Waals surface area contributed by atoms with Crippen LogP contribution in [0.3, 0.4) is 0 Å². The summed E-state index contributed by atoms with van der Waals surface area (Å²) in [5, 5.41) is 7.59. The summed E-state index contributed by atoms with van der Waals surface area (Å²) in [5.41, 5.74) is 4.17. The maximum absolute atomic E-state index is 5.90. The van der Waals surface area contributed by atoms with Crippen molar-refractivity contribution in [2.75, 3.05) is 6.61 Å². The van der Waals surface area contributed by atoms with Gasteiger partial charge in [0.2, 0.25) is 0 Å². The number of nitrogens with zero attached hydrogens (tertiary/aromatic N) is 1. The summed E-state index contributed by atoms with van der Waals surface area (Å²) in [4.78, 5) is 0. The van der Waals surface area contributed by atoms with Crippen LogP contribution >= 0.6 is 15.9 Å². The van der Waals surface area contributed by atoms with E-state index in [2.05, 4.69) is 63.4 Å². The Bertz CT molecular complexity index is 840. The molecular weight excluding hydrogens is 424 g/mol. The summed E-state index contributed by atoms with van der Waals surface area (Å²) < 4.78 is 6.97. The van der Waals surface area contributed by atoms with Gasteiger partial charge in [0.05, 0.1) is 18.0 Å². The van der Waals surface area contributed by atoms with Crippen molar-refractivity contribution < 1.29 is 4.74 Å². The number of ether oxygens (including phenoxy) is 1. The fourth-order valence-electron chi connectivity index (χ4n) is 3.39. The van der Waals surface area contributed by atoms with E-state index in [-0.39, 0.29) is 0 Å². The zero-order valence-corrected chi connectivity index (χ0v) is 18.9. The second-order valence-corrected chi connectivity index (χ2v) is 8.44. The Kier molecular flexibility index (Phi) is 8.82. The number of nitrogens with one attached hydrogen (secondary N) is 1. The molecule has 1 N–H and O–H groups in total. The number of aromatic nitrogens is 2. The smallest absolute Gasteiger partial charge is 0.119 e. The van der Waals surface area contributed by atoms with Gasteiger partial charge in [-0.25, -0.2) is 0 Å². The highest BCUT2D eigenvalue weighted by Crippen LogP contribution is 2.26. The Morgan fingerprint density at radius 3 is 2.10 bits per heavy atom. The van der Waals surface area contributed by atoms with E-state index in [1.54, 1.807) is 0 Å². The molecule has 1 heterocycles. The molecule has 0 radical (unpaired) electrons. The molecule has 1 aromatic heterocycles. The standard InChI is InChI=1S/C25H31BrN2O/c1-2-3-4-5-6-7-8-9-18-29-23-16-12-21(13-17-23)25-19-24(27-28-25)20-10-14-22(26)15-11-20/h10-17,19H,2-9,18H2,1H3,(H,27,28). The Hall–Kier alpha value is -2.07. The SMILES string of the molecule is CCCCCCCCCCOc1ccc(-c2cc(-c3ccc(Br)cc3)[nH]n2)cc1. The van der Waals surface area contributed by atoms with Crippen LogP contribution in [0.25, 0.3) is 22.5 Å². The van der Waals surface area contributed by atoms with Crippen LogP contribution < -0.4 is 4.74 Å². The minimum absolute atomic E-state index is 0.796. The van der Waals surface area contributed by atoms with Crippen LogP contribution in [-0.2, 0) is 0 Å². The molecule has 0 aliphatic heterocycles. The molecule has 0 atom stereocenters. The van der Waals surface area contributed by atoms with Crippen LogP contribution in [0.5, 0.6) is 5.75 Å². The summed E-state index contributed by atoms with van der Waals surface area (Å²) in [5.74, 6) is 0.931. The molecule has 0 saturated heterocycles. The molecule has 0 fully saturated rings. The van der Waals surface area contributed by atoms with E-state index in [1.165, 1.54) is 44.9 Å². The maximum Gasteiger partial charge on any atom is 0.119 e. The molecule has 0 saturated carbocycles. The second-order valence-electron chi connectivity index (χ2n) is 7.52. The third-order valence-corrected chi connectivity index (χ3v) is 5.68. The van der Waals surface area contributed by atoms with Gasteiger partial charge in [0.1, 0.15) is 5.75 Å². The molecule has 0 unspecified atom stereocenters. The van der Waals surface area contributed by atoms with Gasteiger partial charge in [-0.3, -0.25) is 5.10 Å². The average Bonchev–Trinajstić information content (AvgIpc) is 3.24. The minimum Gasteiger partial charge on any atom is -0.494 e. The molecule has 0 spiro atoms. The highest BCUT2D eigenvalue weighted by atomic mass is 79.9. The van der Waals surface area contributed by atoms with E-state index >= 15 is 0 Å². The van der Waals surface area contributed by atoms with Crippen molar-refractivity contribution in [3.05, 3.63) is 59.1 Å². The first-order valence-corrected chi connectivity index (χ1v) is 11.6. The number of hydrogen-bond donors (Lipinski definition) is 1. The molecule has 0 bridgehead atoms. The van der Waals surface area contributed by atoms with Gasteiger partial charge in [0, 0.05) is 10.0 Å². The Labute approximate surface area is 183 Å². The zero-order valence-electron chi connectivity index (χ0n) is 17.3. The Balaban J connectivity index is 1.42. The fraction of sp³-hybridized carbons (Fsp3) is 0.400. The number of unbranched alkanes of at least 4 members (excludes halogenated alkanes) is 7. The van der Waals surface area contributed by atoms with Gasteiger partial charge in [-0.15, -0.1) is 0 Å². The molecule has 29 heavy (non-hydrogen) atoms. The predicted octanol–water partition coefficient (Wildman–Crippen LogP) is 8.03. The van der Waals surface area contributed by atoms with Gasteiger partial charge in [-0.1, -0.05) is 79.9 Å². The molecule has 3 aromatic rings. The van der Waals surface area contributed by atoms with Crippen molar-refractivity contribution in [2.24, 2.45) is 0 Å². The van der Waals surface area contributed by atoms with Crippen LogP contribution in [0.2, 0.25) is 0 Å². The van der Waals surface area contributed by atoms with E-state index in [1.807, 2.05) is 24.3 Å². The number of benzene rings is 2. The first-order valence-electron chi connectivity index (χ1n) is 10.8. The number of halogens is 1. The minimum atomic E-state index is 0.796. The normalized spacial score (nSPS) is 11.0. The van der Waals surface area contributed by atoms with E-state index in [4.69, 9.17) is 4.74 Å². The van der Waals surface area contributed by atoms with Crippen LogP contribution in [0.4, 0.5) is 0 Å². The zero-order chi connectivity index (χ0) is 20.3. The Morgan fingerprint density at radius 2 is 1.41 bits per heavy atom. The molecule has 3 rings (SSSR count). The highest BCUT2D eigenvalue weighted by molar-refractivity contribution is 9.10. The lowest BCUT2D eigenvalue weighted by molar-refractivity contribution is 0.304. The molecule has 0 aliphatic carbocycles. The third-order valence-electron chi connectivity index (χ3n) is 5.15. The van der Waals surface area contributed by atoms with Crippen molar-refractivity contribution in [1.82, 2.24) is 10.2 Å². The third kappa shape index (κ3) is 7.04. The Morgan fingerprint density at radius 1 is 0.793 bits per heavy atom. The molecule has 154 valence electrons. The topological polar surface area (TPSA) is 37.9 Å². The van der Waals surface area contributed by atoms with E-state index in [0.29, 0.717) is 0 Å². The number of rotatable bonds is 12. The summed E-state index contributed by atoms with van der Waals surface area (Å²) >= 11 is 3.47. The lowest BCUT2D eigenvalue weighted by Gasteiger charge is -2.07. The molecular formula is C25H31BrN2O. The average molecular weight is 455 g/mol. The quantitative estimate of drug-likeness (QED) is 0.281. The van der Waals surface area contributed by atoms with Gasteiger partial charge < -0.3 is 4.74 Å². The van der Waals surface area contributed by atoms with Gasteiger partial charge >= 0.3 is 0 Å². The van der Waals surface area contributed by atoms with Gasteiger partial charge in [0.25, 0.3) is 0 Å². The van der Waals surface area contributed by atoms with Crippen molar-refractivity contribution in [1.29, 1.82) is 0 Å². The van der Waals surface area contributed by atoms with Crippen molar-refractivity contribution in [3.63, 3.8) is 0 Å². The highest BCUT2D eigenvalue weighted by Gasteiger charge is 2.06. The van der Waals surface area contributed by atoms with E-state index in [9.17, 15) is 0 Å². The second kappa shape index (κ2) is 11.8. The summed E-state index contributed by atoms with van der Waals surface area (Å²) in [6.45, 7) is 3.06. The molecule has 2 aromatic carbocycles.